The van der Waals surface area contributed by atoms with Crippen LogP contribution in [-0.2, 0) is 13.1 Å². The molecule has 0 unspecified atom stereocenters. The second kappa shape index (κ2) is 6.31. The first-order valence-electron chi connectivity index (χ1n) is 6.74. The summed E-state index contributed by atoms with van der Waals surface area (Å²) in [4.78, 5) is 4.95. The van der Waals surface area contributed by atoms with Crippen LogP contribution in [-0.4, -0.2) is 54.2 Å². The Bertz CT molecular complexity index is 356. The van der Waals surface area contributed by atoms with E-state index >= 15 is 0 Å². The maximum absolute atomic E-state index is 5.35. The largest absolute Gasteiger partial charge is 0.360 e. The van der Waals surface area contributed by atoms with Crippen LogP contribution in [0.25, 0.3) is 0 Å². The van der Waals surface area contributed by atoms with Crippen LogP contribution in [0.5, 0.6) is 0 Å². The molecule has 0 aliphatic carbocycles. The molecule has 0 bridgehead atoms. The maximum Gasteiger partial charge on any atom is 0.151 e. The average Bonchev–Trinajstić information content (AvgIpc) is 2.78. The summed E-state index contributed by atoms with van der Waals surface area (Å²) in [7, 11) is 1.92. The number of nitrogens with zero attached hydrogens (tertiary/aromatic N) is 3. The molecule has 5 heteroatoms. The Morgan fingerprint density at radius 3 is 2.67 bits per heavy atom. The van der Waals surface area contributed by atoms with Gasteiger partial charge in [0.15, 0.2) is 5.76 Å². The van der Waals surface area contributed by atoms with Crippen molar-refractivity contribution in [1.29, 1.82) is 0 Å². The Hall–Kier alpha value is -0.910. The van der Waals surface area contributed by atoms with Gasteiger partial charge in [-0.2, -0.15) is 0 Å². The van der Waals surface area contributed by atoms with E-state index in [9.17, 15) is 0 Å². The average molecular weight is 252 g/mol. The summed E-state index contributed by atoms with van der Waals surface area (Å²) < 4.78 is 5.35. The van der Waals surface area contributed by atoms with Crippen molar-refractivity contribution < 1.29 is 4.52 Å². The van der Waals surface area contributed by atoms with Gasteiger partial charge in [0, 0.05) is 44.8 Å². The van der Waals surface area contributed by atoms with Crippen LogP contribution in [0.15, 0.2) is 10.6 Å². The zero-order valence-electron chi connectivity index (χ0n) is 11.6. The van der Waals surface area contributed by atoms with Crippen LogP contribution < -0.4 is 5.32 Å². The molecule has 0 amide bonds. The Morgan fingerprint density at radius 2 is 2.06 bits per heavy atom. The monoisotopic (exact) mass is 252 g/mol. The molecule has 0 spiro atoms. The molecular formula is C13H24N4O. The predicted molar refractivity (Wildman–Crippen MR) is 71.3 cm³/mol. The topological polar surface area (TPSA) is 44.5 Å². The minimum atomic E-state index is 0.652. The highest BCUT2D eigenvalue weighted by Gasteiger charge is 2.19. The van der Waals surface area contributed by atoms with Crippen LogP contribution in [0.2, 0.25) is 0 Å². The number of piperazine rings is 1. The summed E-state index contributed by atoms with van der Waals surface area (Å²) in [6.07, 6.45) is 0. The van der Waals surface area contributed by atoms with E-state index in [0.717, 1.165) is 50.7 Å². The van der Waals surface area contributed by atoms with E-state index < -0.39 is 0 Å². The van der Waals surface area contributed by atoms with Gasteiger partial charge < -0.3 is 9.84 Å². The van der Waals surface area contributed by atoms with E-state index in [1.54, 1.807) is 0 Å². The molecule has 1 aliphatic heterocycles. The first-order valence-corrected chi connectivity index (χ1v) is 6.74. The molecule has 0 aromatic carbocycles. The fourth-order valence-electron chi connectivity index (χ4n) is 2.35. The van der Waals surface area contributed by atoms with Gasteiger partial charge in [-0.3, -0.25) is 9.80 Å². The van der Waals surface area contributed by atoms with E-state index in [1.165, 1.54) is 0 Å². The summed E-state index contributed by atoms with van der Waals surface area (Å²) >= 11 is 0. The van der Waals surface area contributed by atoms with E-state index in [1.807, 2.05) is 13.1 Å². The highest BCUT2D eigenvalue weighted by molar-refractivity contribution is 5.05. The molecule has 5 nitrogen and oxygen atoms in total. The maximum atomic E-state index is 5.35. The standard InChI is InChI=1S/C13H24N4O/c1-11(2)17-6-4-16(5-7-17)10-13-8-12(9-14-3)15-18-13/h8,11,14H,4-7,9-10H2,1-3H3. The molecular weight excluding hydrogens is 228 g/mol. The lowest BCUT2D eigenvalue weighted by atomic mass is 10.2. The van der Waals surface area contributed by atoms with E-state index in [2.05, 4.69) is 34.1 Å². The van der Waals surface area contributed by atoms with Crippen molar-refractivity contribution in [1.82, 2.24) is 20.3 Å². The molecule has 1 fully saturated rings. The summed E-state index contributed by atoms with van der Waals surface area (Å²) in [5.74, 6) is 0.971. The molecule has 0 atom stereocenters. The van der Waals surface area contributed by atoms with Gasteiger partial charge >= 0.3 is 0 Å². The molecule has 0 saturated carbocycles. The molecule has 2 rings (SSSR count). The van der Waals surface area contributed by atoms with Gasteiger partial charge in [-0.05, 0) is 20.9 Å². The van der Waals surface area contributed by atoms with E-state index in [0.29, 0.717) is 6.04 Å². The van der Waals surface area contributed by atoms with Gasteiger partial charge in [-0.25, -0.2) is 0 Å². The number of hydrogen-bond donors (Lipinski definition) is 1. The van der Waals surface area contributed by atoms with Crippen molar-refractivity contribution in [3.05, 3.63) is 17.5 Å². The van der Waals surface area contributed by atoms with Gasteiger partial charge in [-0.1, -0.05) is 5.16 Å². The molecule has 0 radical (unpaired) electrons. The van der Waals surface area contributed by atoms with Gasteiger partial charge in [0.05, 0.1) is 12.2 Å². The summed E-state index contributed by atoms with van der Waals surface area (Å²) in [5, 5.41) is 7.12. The minimum absolute atomic E-state index is 0.652. The third-order valence-corrected chi connectivity index (χ3v) is 3.48. The van der Waals surface area contributed by atoms with Crippen LogP contribution in [0.4, 0.5) is 0 Å². The minimum Gasteiger partial charge on any atom is -0.360 e. The van der Waals surface area contributed by atoms with Crippen molar-refractivity contribution in [2.24, 2.45) is 0 Å². The van der Waals surface area contributed by atoms with Crippen LogP contribution in [0, 0.1) is 0 Å². The summed E-state index contributed by atoms with van der Waals surface area (Å²) in [6, 6.07) is 2.70. The lowest BCUT2D eigenvalue weighted by Crippen LogP contribution is -2.48. The van der Waals surface area contributed by atoms with Crippen molar-refractivity contribution in [3.63, 3.8) is 0 Å². The summed E-state index contributed by atoms with van der Waals surface area (Å²) in [6.45, 7) is 10.7. The third-order valence-electron chi connectivity index (χ3n) is 3.48. The Kier molecular flexibility index (Phi) is 4.74. The van der Waals surface area contributed by atoms with Gasteiger partial charge in [0.25, 0.3) is 0 Å². The Morgan fingerprint density at radius 1 is 1.33 bits per heavy atom. The van der Waals surface area contributed by atoms with Gasteiger partial charge in [0.1, 0.15) is 0 Å². The number of nitrogens with one attached hydrogen (secondary N) is 1. The Labute approximate surface area is 109 Å². The van der Waals surface area contributed by atoms with Crippen LogP contribution >= 0.6 is 0 Å². The SMILES string of the molecule is CNCc1cc(CN2CCN(C(C)C)CC2)on1. The van der Waals surface area contributed by atoms with Crippen molar-refractivity contribution in [2.75, 3.05) is 33.2 Å². The van der Waals surface area contributed by atoms with Crippen molar-refractivity contribution in [2.45, 2.75) is 33.0 Å². The van der Waals surface area contributed by atoms with E-state index in [-0.39, 0.29) is 0 Å². The fourth-order valence-corrected chi connectivity index (χ4v) is 2.35. The van der Waals surface area contributed by atoms with Gasteiger partial charge in [0.2, 0.25) is 0 Å². The fraction of sp³-hybridized carbons (Fsp3) is 0.769. The number of rotatable bonds is 5. The number of aromatic nitrogens is 1. The number of hydrogen-bond acceptors (Lipinski definition) is 5. The smallest absolute Gasteiger partial charge is 0.151 e. The van der Waals surface area contributed by atoms with Crippen LogP contribution in [0.3, 0.4) is 0 Å². The van der Waals surface area contributed by atoms with Crippen molar-refractivity contribution >= 4 is 0 Å². The quantitative estimate of drug-likeness (QED) is 0.844. The lowest BCUT2D eigenvalue weighted by molar-refractivity contribution is 0.0973. The molecule has 2 heterocycles. The second-order valence-electron chi connectivity index (χ2n) is 5.22. The normalized spacial score (nSPS) is 18.7. The molecule has 1 saturated heterocycles. The molecule has 1 aromatic heterocycles. The first kappa shape index (κ1) is 13.5. The molecule has 102 valence electrons. The first-order chi connectivity index (χ1) is 8.69. The zero-order chi connectivity index (χ0) is 13.0. The molecule has 1 aromatic rings. The third kappa shape index (κ3) is 3.54. The molecule has 1 N–H and O–H groups in total. The molecule has 1 aliphatic rings. The lowest BCUT2D eigenvalue weighted by Gasteiger charge is -2.36. The molecule has 18 heavy (non-hydrogen) atoms. The zero-order valence-corrected chi connectivity index (χ0v) is 11.6. The summed E-state index contributed by atoms with van der Waals surface area (Å²) in [5.41, 5.74) is 0.980. The highest BCUT2D eigenvalue weighted by Crippen LogP contribution is 2.11. The van der Waals surface area contributed by atoms with Crippen LogP contribution in [0.1, 0.15) is 25.3 Å². The van der Waals surface area contributed by atoms with E-state index in [4.69, 9.17) is 4.52 Å². The predicted octanol–water partition coefficient (Wildman–Crippen LogP) is 0.920. The second-order valence-corrected chi connectivity index (χ2v) is 5.22. The Balaban J connectivity index is 1.80. The van der Waals surface area contributed by atoms with Gasteiger partial charge in [-0.15, -0.1) is 0 Å². The highest BCUT2D eigenvalue weighted by atomic mass is 16.5. The van der Waals surface area contributed by atoms with Crippen molar-refractivity contribution in [3.8, 4) is 0 Å².